The number of nitrogens with two attached hydrogens (primary N) is 1. The zero-order chi connectivity index (χ0) is 11.2. The minimum atomic E-state index is -4.36. The molecular weight excluding hydrogens is 207 g/mol. The Balaban J connectivity index is 2.72. The fraction of sp³-hybridized carbons (Fsp3) is 0.222. The minimum Gasteiger partial charge on any atom is -0.369 e. The lowest BCUT2D eigenvalue weighted by molar-refractivity contribution is -0.137. The maximum Gasteiger partial charge on any atom is 0.416 e. The highest BCUT2D eigenvalue weighted by molar-refractivity contribution is 5.79. The fourth-order valence-corrected chi connectivity index (χ4v) is 1.49. The summed E-state index contributed by atoms with van der Waals surface area (Å²) in [6.07, 6.45) is -4.36. The van der Waals surface area contributed by atoms with Gasteiger partial charge in [0.1, 0.15) is 0 Å². The number of hydrogen-bond donors (Lipinski definition) is 2. The quantitative estimate of drug-likeness (QED) is 0.709. The van der Waals surface area contributed by atoms with Gasteiger partial charge in [0.2, 0.25) is 0 Å². The number of nitrogens with one attached hydrogen (secondary N) is 1. The number of halogens is 3. The van der Waals surface area contributed by atoms with Gasteiger partial charge < -0.3 is 10.7 Å². The lowest BCUT2D eigenvalue weighted by Crippen LogP contribution is -2.07. The number of nitrogens with zero attached hydrogens (tertiary/aromatic N) is 1. The smallest absolute Gasteiger partial charge is 0.369 e. The van der Waals surface area contributed by atoms with Crippen LogP contribution in [-0.2, 0) is 6.18 Å². The van der Waals surface area contributed by atoms with Gasteiger partial charge in [-0.25, -0.2) is 4.98 Å². The Kier molecular flexibility index (Phi) is 1.89. The molecule has 0 saturated heterocycles. The monoisotopic (exact) mass is 215 g/mol. The molecule has 0 fully saturated rings. The summed E-state index contributed by atoms with van der Waals surface area (Å²) in [5, 5.41) is 0. The first-order chi connectivity index (χ1) is 6.88. The zero-order valence-corrected chi connectivity index (χ0v) is 7.81. The summed E-state index contributed by atoms with van der Waals surface area (Å²) in [5.74, 6) is 0.115. The summed E-state index contributed by atoms with van der Waals surface area (Å²) in [6, 6.07) is 2.39. The topological polar surface area (TPSA) is 54.7 Å². The Morgan fingerprint density at radius 2 is 2.00 bits per heavy atom. The highest BCUT2D eigenvalue weighted by atomic mass is 19.4. The largest absolute Gasteiger partial charge is 0.416 e. The maximum absolute atomic E-state index is 12.5. The number of aromatic amines is 1. The number of benzene rings is 1. The molecule has 1 heterocycles. The number of hydrogen-bond acceptors (Lipinski definition) is 2. The molecule has 0 radical (unpaired) electrons. The van der Waals surface area contributed by atoms with Crippen molar-refractivity contribution in [3.8, 4) is 0 Å². The van der Waals surface area contributed by atoms with E-state index in [4.69, 9.17) is 5.73 Å². The van der Waals surface area contributed by atoms with Crippen LogP contribution < -0.4 is 5.73 Å². The number of H-pyrrole nitrogens is 1. The third kappa shape index (κ3) is 1.62. The standard InChI is InChI=1S/C9H8F3N3/c1-4-2-6-7(15-8(13)14-6)3-5(4)9(10,11)12/h2-3H,1H3,(H3,13,14,15). The first kappa shape index (κ1) is 9.82. The van der Waals surface area contributed by atoms with Crippen LogP contribution >= 0.6 is 0 Å². The molecule has 0 saturated carbocycles. The highest BCUT2D eigenvalue weighted by Gasteiger charge is 2.32. The summed E-state index contributed by atoms with van der Waals surface area (Å²) in [7, 11) is 0. The molecule has 0 aliphatic rings. The van der Waals surface area contributed by atoms with E-state index in [1.54, 1.807) is 0 Å². The van der Waals surface area contributed by atoms with E-state index in [1.165, 1.54) is 13.0 Å². The number of fused-ring (bicyclic) bond motifs is 1. The van der Waals surface area contributed by atoms with Crippen LogP contribution in [0, 0.1) is 6.92 Å². The molecule has 0 spiro atoms. The third-order valence-electron chi connectivity index (χ3n) is 2.15. The Morgan fingerprint density at radius 1 is 1.33 bits per heavy atom. The van der Waals surface area contributed by atoms with Crippen LogP contribution in [0.4, 0.5) is 19.1 Å². The van der Waals surface area contributed by atoms with Crippen molar-refractivity contribution < 1.29 is 13.2 Å². The van der Waals surface area contributed by atoms with E-state index in [2.05, 4.69) is 9.97 Å². The predicted octanol–water partition coefficient (Wildman–Crippen LogP) is 2.47. The Morgan fingerprint density at radius 3 is 2.60 bits per heavy atom. The van der Waals surface area contributed by atoms with Crippen molar-refractivity contribution in [1.29, 1.82) is 0 Å². The van der Waals surface area contributed by atoms with E-state index in [0.717, 1.165) is 6.07 Å². The molecule has 2 aromatic rings. The van der Waals surface area contributed by atoms with Crippen LogP contribution in [0.2, 0.25) is 0 Å². The third-order valence-corrected chi connectivity index (χ3v) is 2.15. The van der Waals surface area contributed by atoms with E-state index < -0.39 is 11.7 Å². The van der Waals surface area contributed by atoms with Gasteiger partial charge in [0.15, 0.2) is 5.95 Å². The molecule has 1 aromatic carbocycles. The second kappa shape index (κ2) is 2.88. The van der Waals surface area contributed by atoms with Gasteiger partial charge in [-0.15, -0.1) is 0 Å². The SMILES string of the molecule is Cc1cc2[nH]c(N)nc2cc1C(F)(F)F. The average molecular weight is 215 g/mol. The van der Waals surface area contributed by atoms with Crippen molar-refractivity contribution in [3.05, 3.63) is 23.3 Å². The molecule has 0 atom stereocenters. The summed E-state index contributed by atoms with van der Waals surface area (Å²) >= 11 is 0. The van der Waals surface area contributed by atoms with Crippen molar-refractivity contribution >= 4 is 17.0 Å². The number of rotatable bonds is 0. The van der Waals surface area contributed by atoms with Gasteiger partial charge in [-0.2, -0.15) is 13.2 Å². The van der Waals surface area contributed by atoms with Crippen molar-refractivity contribution in [2.75, 3.05) is 5.73 Å². The van der Waals surface area contributed by atoms with Crippen molar-refractivity contribution in [1.82, 2.24) is 9.97 Å². The van der Waals surface area contributed by atoms with E-state index in [-0.39, 0.29) is 17.0 Å². The molecule has 6 heteroatoms. The molecule has 0 amide bonds. The molecule has 3 N–H and O–H groups in total. The van der Waals surface area contributed by atoms with Gasteiger partial charge in [-0.1, -0.05) is 0 Å². The highest BCUT2D eigenvalue weighted by Crippen LogP contribution is 2.33. The van der Waals surface area contributed by atoms with Crippen molar-refractivity contribution in [2.45, 2.75) is 13.1 Å². The fourth-order valence-electron chi connectivity index (χ4n) is 1.49. The lowest BCUT2D eigenvalue weighted by atomic mass is 10.1. The van der Waals surface area contributed by atoms with Crippen LogP contribution in [0.15, 0.2) is 12.1 Å². The van der Waals surface area contributed by atoms with Gasteiger partial charge in [0, 0.05) is 0 Å². The van der Waals surface area contributed by atoms with Gasteiger partial charge in [-0.3, -0.25) is 0 Å². The molecule has 0 unspecified atom stereocenters. The van der Waals surface area contributed by atoms with Crippen LogP contribution in [0.1, 0.15) is 11.1 Å². The molecule has 2 rings (SSSR count). The van der Waals surface area contributed by atoms with E-state index in [0.29, 0.717) is 5.52 Å². The van der Waals surface area contributed by atoms with E-state index >= 15 is 0 Å². The average Bonchev–Trinajstić information content (AvgIpc) is 2.40. The summed E-state index contributed by atoms with van der Waals surface area (Å²) in [4.78, 5) is 6.43. The molecular formula is C9H8F3N3. The summed E-state index contributed by atoms with van der Waals surface area (Å²) in [5.41, 5.74) is 5.56. The van der Waals surface area contributed by atoms with Gasteiger partial charge in [-0.05, 0) is 24.6 Å². The van der Waals surface area contributed by atoms with Gasteiger partial charge in [0.25, 0.3) is 0 Å². The number of imidazole rings is 1. The zero-order valence-electron chi connectivity index (χ0n) is 7.81. The molecule has 0 bridgehead atoms. The Labute approximate surface area is 83.1 Å². The number of anilines is 1. The van der Waals surface area contributed by atoms with Crippen LogP contribution in [0.25, 0.3) is 11.0 Å². The molecule has 80 valence electrons. The molecule has 1 aromatic heterocycles. The number of aryl methyl sites for hydroxylation is 1. The number of aromatic nitrogens is 2. The molecule has 15 heavy (non-hydrogen) atoms. The molecule has 0 aliphatic heterocycles. The first-order valence-electron chi connectivity index (χ1n) is 4.21. The Hall–Kier alpha value is -1.72. The van der Waals surface area contributed by atoms with E-state index in [1.807, 2.05) is 0 Å². The van der Waals surface area contributed by atoms with Gasteiger partial charge >= 0.3 is 6.18 Å². The van der Waals surface area contributed by atoms with Crippen molar-refractivity contribution in [3.63, 3.8) is 0 Å². The lowest BCUT2D eigenvalue weighted by Gasteiger charge is -2.09. The summed E-state index contributed by atoms with van der Waals surface area (Å²) in [6.45, 7) is 1.40. The van der Waals surface area contributed by atoms with Crippen LogP contribution in [0.3, 0.4) is 0 Å². The van der Waals surface area contributed by atoms with Crippen LogP contribution in [-0.4, -0.2) is 9.97 Å². The summed E-state index contributed by atoms with van der Waals surface area (Å²) < 4.78 is 37.5. The minimum absolute atomic E-state index is 0.115. The van der Waals surface area contributed by atoms with E-state index in [9.17, 15) is 13.2 Å². The van der Waals surface area contributed by atoms with Gasteiger partial charge in [0.05, 0.1) is 16.6 Å². The second-order valence-electron chi connectivity index (χ2n) is 3.30. The first-order valence-corrected chi connectivity index (χ1v) is 4.21. The number of alkyl halides is 3. The normalized spacial score (nSPS) is 12.3. The number of nitrogen functional groups attached to an aromatic ring is 1. The molecule has 0 aliphatic carbocycles. The predicted molar refractivity (Wildman–Crippen MR) is 50.2 cm³/mol. The van der Waals surface area contributed by atoms with Crippen LogP contribution in [0.5, 0.6) is 0 Å². The Bertz CT molecular complexity index is 513. The maximum atomic E-state index is 12.5. The second-order valence-corrected chi connectivity index (χ2v) is 3.30. The molecule has 3 nitrogen and oxygen atoms in total. The van der Waals surface area contributed by atoms with Crippen molar-refractivity contribution in [2.24, 2.45) is 0 Å².